The molecule has 17 heavy (non-hydrogen) atoms. The van der Waals surface area contributed by atoms with E-state index in [1.54, 1.807) is 7.11 Å². The summed E-state index contributed by atoms with van der Waals surface area (Å²) >= 11 is 0. The Balaban J connectivity index is 2.27. The van der Waals surface area contributed by atoms with Gasteiger partial charge in [0.1, 0.15) is 5.75 Å². The van der Waals surface area contributed by atoms with Gasteiger partial charge in [-0.2, -0.15) is 0 Å². The Labute approximate surface area is 104 Å². The molecule has 0 radical (unpaired) electrons. The van der Waals surface area contributed by atoms with E-state index in [4.69, 9.17) is 4.74 Å². The first kappa shape index (κ1) is 12.4. The Morgan fingerprint density at radius 2 is 2.12 bits per heavy atom. The summed E-state index contributed by atoms with van der Waals surface area (Å²) in [6, 6.07) is 7.13. The van der Waals surface area contributed by atoms with E-state index in [-0.39, 0.29) is 0 Å². The van der Waals surface area contributed by atoms with Crippen LogP contribution in [0.5, 0.6) is 5.75 Å². The highest BCUT2D eigenvalue weighted by Gasteiger charge is 2.22. The van der Waals surface area contributed by atoms with Crippen molar-refractivity contribution >= 4 is 0 Å². The second kappa shape index (κ2) is 5.09. The van der Waals surface area contributed by atoms with E-state index in [0.29, 0.717) is 12.0 Å². The lowest BCUT2D eigenvalue weighted by Gasteiger charge is -2.17. The topological polar surface area (TPSA) is 21.3 Å². The summed E-state index contributed by atoms with van der Waals surface area (Å²) in [5, 5.41) is 3.59. The maximum Gasteiger partial charge on any atom is 0.122 e. The van der Waals surface area contributed by atoms with E-state index in [1.807, 2.05) is 0 Å². The Morgan fingerprint density at radius 3 is 2.65 bits per heavy atom. The standard InChI is InChI=1S/C15H23NO/c1-10(2)13-8-12(5-6-15(13)17-4)14-7-11(3)9-16-14/h5-6,8,10-11,14,16H,7,9H2,1-4H3/t11-,14-/m0/s1. The summed E-state index contributed by atoms with van der Waals surface area (Å²) in [5.74, 6) is 2.29. The van der Waals surface area contributed by atoms with E-state index in [1.165, 1.54) is 17.5 Å². The van der Waals surface area contributed by atoms with Gasteiger partial charge >= 0.3 is 0 Å². The lowest BCUT2D eigenvalue weighted by Crippen LogP contribution is -2.13. The molecule has 1 aliphatic heterocycles. The van der Waals surface area contributed by atoms with Crippen LogP contribution in [-0.4, -0.2) is 13.7 Å². The normalized spacial score (nSPS) is 24.3. The smallest absolute Gasteiger partial charge is 0.122 e. The molecule has 1 fully saturated rings. The number of ether oxygens (including phenoxy) is 1. The van der Waals surface area contributed by atoms with Crippen LogP contribution in [0.4, 0.5) is 0 Å². The molecular formula is C15H23NO. The van der Waals surface area contributed by atoms with Crippen LogP contribution in [-0.2, 0) is 0 Å². The molecule has 0 unspecified atom stereocenters. The highest BCUT2D eigenvalue weighted by molar-refractivity contribution is 5.40. The van der Waals surface area contributed by atoms with Crippen LogP contribution in [0, 0.1) is 5.92 Å². The molecule has 1 saturated heterocycles. The zero-order chi connectivity index (χ0) is 12.4. The highest BCUT2D eigenvalue weighted by Crippen LogP contribution is 2.33. The molecule has 1 aromatic rings. The van der Waals surface area contributed by atoms with Gasteiger partial charge in [-0.05, 0) is 42.0 Å². The molecular weight excluding hydrogens is 210 g/mol. The first-order valence-corrected chi connectivity index (χ1v) is 6.53. The number of nitrogens with one attached hydrogen (secondary N) is 1. The molecule has 0 aliphatic carbocycles. The van der Waals surface area contributed by atoms with Crippen LogP contribution >= 0.6 is 0 Å². The molecule has 0 bridgehead atoms. The number of hydrogen-bond donors (Lipinski definition) is 1. The number of methoxy groups -OCH3 is 1. The van der Waals surface area contributed by atoms with Crippen LogP contribution in [0.2, 0.25) is 0 Å². The highest BCUT2D eigenvalue weighted by atomic mass is 16.5. The summed E-state index contributed by atoms with van der Waals surface area (Å²) in [5.41, 5.74) is 2.71. The monoisotopic (exact) mass is 233 g/mol. The molecule has 1 N–H and O–H groups in total. The molecule has 1 heterocycles. The first-order chi connectivity index (χ1) is 8.11. The molecule has 0 aromatic heterocycles. The predicted molar refractivity (Wildman–Crippen MR) is 71.6 cm³/mol. The molecule has 0 amide bonds. The summed E-state index contributed by atoms with van der Waals surface area (Å²) in [4.78, 5) is 0. The minimum atomic E-state index is 0.503. The molecule has 2 nitrogen and oxygen atoms in total. The summed E-state index contributed by atoms with van der Waals surface area (Å²) in [6.07, 6.45) is 1.24. The zero-order valence-corrected chi connectivity index (χ0v) is 11.3. The second-order valence-electron chi connectivity index (χ2n) is 5.46. The minimum absolute atomic E-state index is 0.503. The van der Waals surface area contributed by atoms with Crippen molar-refractivity contribution in [3.63, 3.8) is 0 Å². The van der Waals surface area contributed by atoms with Crippen molar-refractivity contribution in [3.05, 3.63) is 29.3 Å². The van der Waals surface area contributed by atoms with Crippen LogP contribution in [0.15, 0.2) is 18.2 Å². The van der Waals surface area contributed by atoms with Crippen molar-refractivity contribution < 1.29 is 4.74 Å². The number of benzene rings is 1. The third kappa shape index (κ3) is 2.63. The van der Waals surface area contributed by atoms with E-state index < -0.39 is 0 Å². The third-order valence-electron chi connectivity index (χ3n) is 3.63. The van der Waals surface area contributed by atoms with Crippen LogP contribution in [0.25, 0.3) is 0 Å². The van der Waals surface area contributed by atoms with Gasteiger partial charge in [-0.1, -0.05) is 32.9 Å². The van der Waals surface area contributed by atoms with Crippen LogP contribution in [0.3, 0.4) is 0 Å². The fourth-order valence-electron chi connectivity index (χ4n) is 2.59. The van der Waals surface area contributed by atoms with E-state index >= 15 is 0 Å². The summed E-state index contributed by atoms with van der Waals surface area (Å²) < 4.78 is 5.42. The van der Waals surface area contributed by atoms with Gasteiger partial charge in [0.15, 0.2) is 0 Å². The Morgan fingerprint density at radius 1 is 1.35 bits per heavy atom. The van der Waals surface area contributed by atoms with Gasteiger partial charge in [0.05, 0.1) is 7.11 Å². The Bertz CT molecular complexity index is 387. The van der Waals surface area contributed by atoms with Gasteiger partial charge in [-0.15, -0.1) is 0 Å². The summed E-state index contributed by atoms with van der Waals surface area (Å²) in [7, 11) is 1.75. The molecule has 0 saturated carbocycles. The SMILES string of the molecule is COc1ccc([C@@H]2C[C@H](C)CN2)cc1C(C)C. The van der Waals surface area contributed by atoms with Gasteiger partial charge < -0.3 is 10.1 Å². The average molecular weight is 233 g/mol. The number of rotatable bonds is 3. The average Bonchev–Trinajstić information content (AvgIpc) is 2.75. The Hall–Kier alpha value is -1.02. The van der Waals surface area contributed by atoms with Crippen LogP contribution < -0.4 is 10.1 Å². The molecule has 0 spiro atoms. The third-order valence-corrected chi connectivity index (χ3v) is 3.63. The van der Waals surface area contributed by atoms with E-state index in [2.05, 4.69) is 44.3 Å². The van der Waals surface area contributed by atoms with Crippen molar-refractivity contribution in [2.75, 3.05) is 13.7 Å². The maximum absolute atomic E-state index is 5.42. The quantitative estimate of drug-likeness (QED) is 0.863. The van der Waals surface area contributed by atoms with Gasteiger partial charge in [0.25, 0.3) is 0 Å². The van der Waals surface area contributed by atoms with Gasteiger partial charge in [0, 0.05) is 6.04 Å². The maximum atomic E-state index is 5.42. The largest absolute Gasteiger partial charge is 0.496 e. The van der Waals surface area contributed by atoms with Crippen molar-refractivity contribution in [2.24, 2.45) is 5.92 Å². The first-order valence-electron chi connectivity index (χ1n) is 6.53. The van der Waals surface area contributed by atoms with Crippen molar-refractivity contribution in [3.8, 4) is 5.75 Å². The van der Waals surface area contributed by atoms with E-state index in [9.17, 15) is 0 Å². The molecule has 2 heteroatoms. The molecule has 2 atom stereocenters. The van der Waals surface area contributed by atoms with Gasteiger partial charge in [-0.25, -0.2) is 0 Å². The fraction of sp³-hybridized carbons (Fsp3) is 0.600. The molecule has 2 rings (SSSR count). The predicted octanol–water partition coefficient (Wildman–Crippen LogP) is 3.49. The van der Waals surface area contributed by atoms with Crippen molar-refractivity contribution in [1.82, 2.24) is 5.32 Å². The van der Waals surface area contributed by atoms with Crippen molar-refractivity contribution in [2.45, 2.75) is 39.2 Å². The lowest BCUT2D eigenvalue weighted by molar-refractivity contribution is 0.407. The Kier molecular flexibility index (Phi) is 3.72. The zero-order valence-electron chi connectivity index (χ0n) is 11.3. The summed E-state index contributed by atoms with van der Waals surface area (Å²) in [6.45, 7) is 7.87. The van der Waals surface area contributed by atoms with Crippen molar-refractivity contribution in [1.29, 1.82) is 0 Å². The number of hydrogen-bond acceptors (Lipinski definition) is 2. The fourth-order valence-corrected chi connectivity index (χ4v) is 2.59. The minimum Gasteiger partial charge on any atom is -0.496 e. The van der Waals surface area contributed by atoms with Gasteiger partial charge in [0.2, 0.25) is 0 Å². The molecule has 1 aromatic carbocycles. The van der Waals surface area contributed by atoms with E-state index in [0.717, 1.165) is 18.2 Å². The molecule has 1 aliphatic rings. The van der Waals surface area contributed by atoms with Crippen LogP contribution in [0.1, 0.15) is 50.3 Å². The lowest BCUT2D eigenvalue weighted by atomic mass is 9.95. The second-order valence-corrected chi connectivity index (χ2v) is 5.46. The molecule has 94 valence electrons. The van der Waals surface area contributed by atoms with Gasteiger partial charge in [-0.3, -0.25) is 0 Å².